The van der Waals surface area contributed by atoms with Gasteiger partial charge in [-0.2, -0.15) is 0 Å². The molecule has 0 aromatic carbocycles. The van der Waals surface area contributed by atoms with E-state index in [0.717, 1.165) is 0 Å². The summed E-state index contributed by atoms with van der Waals surface area (Å²) < 4.78 is 2.87. The zero-order chi connectivity index (χ0) is 27.9. The zero-order valence-electron chi connectivity index (χ0n) is 19.4. The Balaban J connectivity index is -0.000000105. The summed E-state index contributed by atoms with van der Waals surface area (Å²) in [5, 5.41) is 57.0. The summed E-state index contributed by atoms with van der Waals surface area (Å²) in [5.41, 5.74) is 0. The van der Waals surface area contributed by atoms with Gasteiger partial charge in [0.2, 0.25) is 0 Å². The second-order valence-electron chi connectivity index (χ2n) is 5.94. The molecule has 0 N–H and O–H groups in total. The van der Waals surface area contributed by atoms with Crippen LogP contribution in [0.1, 0.15) is 78.1 Å². The number of hydrogen-bond acceptors (Lipinski definition) is 12. The standard InChI is InChI=1S/3C4H6O4.2C4H9.2Sn/c3*5-3(6)1-2-4(7)8;2*1-3-4-2;;/h3*1-2H2,(H,5,6)(H,7,8);2*1,3-4H2,2H3;;/q;;;;;2*+3/p-6. The predicted octanol–water partition coefficient (Wildman–Crippen LogP) is -5.45. The van der Waals surface area contributed by atoms with Gasteiger partial charge in [0.1, 0.15) is 0 Å². The molecule has 0 amide bonds. The van der Waals surface area contributed by atoms with Crippen LogP contribution in [0.4, 0.5) is 0 Å². The average Bonchev–Trinajstić information content (AvgIpc) is 2.72. The Morgan fingerprint density at radius 2 is 0.588 bits per heavy atom. The van der Waals surface area contributed by atoms with Crippen LogP contribution in [0.5, 0.6) is 0 Å². The minimum absolute atomic E-state index is 0.470. The van der Waals surface area contributed by atoms with E-state index in [4.69, 9.17) is 0 Å². The summed E-state index contributed by atoms with van der Waals surface area (Å²) in [7, 11) is 0. The van der Waals surface area contributed by atoms with Gasteiger partial charge in [0.05, 0.1) is 0 Å². The van der Waals surface area contributed by atoms with Gasteiger partial charge < -0.3 is 59.4 Å². The topological polar surface area (TPSA) is 241 Å². The molecule has 0 rings (SSSR count). The van der Waals surface area contributed by atoms with Crippen LogP contribution in [-0.4, -0.2) is 80.9 Å². The van der Waals surface area contributed by atoms with Crippen molar-refractivity contribution < 1.29 is 59.4 Å². The molecule has 0 aromatic heterocycles. The summed E-state index contributed by atoms with van der Waals surface area (Å²) in [6.07, 6.45) is 2.77. The first-order valence-electron chi connectivity index (χ1n) is 10.2. The molecular weight excluding hydrogens is 670 g/mol. The van der Waals surface area contributed by atoms with Crippen LogP contribution in [0.3, 0.4) is 0 Å². The van der Waals surface area contributed by atoms with Crippen molar-refractivity contribution in [2.24, 2.45) is 0 Å². The van der Waals surface area contributed by atoms with Gasteiger partial charge in [-0.05, 0) is 38.5 Å². The van der Waals surface area contributed by atoms with Crippen LogP contribution in [0.2, 0.25) is 8.87 Å². The molecule has 190 valence electrons. The van der Waals surface area contributed by atoms with Gasteiger partial charge in [-0.15, -0.1) is 0 Å². The molecule has 0 radical (unpaired) electrons. The maximum atomic E-state index is 9.50. The maximum Gasteiger partial charge on any atom is 0.0418 e. The first-order valence-corrected chi connectivity index (χ1v) is 14.2. The van der Waals surface area contributed by atoms with Gasteiger partial charge in [0, 0.05) is 35.8 Å². The van der Waals surface area contributed by atoms with Crippen LogP contribution in [0, 0.1) is 0 Å². The van der Waals surface area contributed by atoms with Crippen LogP contribution >= 0.6 is 0 Å². The van der Waals surface area contributed by atoms with Crippen molar-refractivity contribution in [1.29, 1.82) is 0 Å². The summed E-state index contributed by atoms with van der Waals surface area (Å²) >= 11 is 3.37. The molecule has 0 atom stereocenters. The number of carbonyl (C=O) groups is 6. The molecule has 0 spiro atoms. The molecule has 0 fully saturated rings. The third-order valence-electron chi connectivity index (χ3n) is 2.66. The molecule has 0 bridgehead atoms. The average molecular weight is 700 g/mol. The number of aliphatic carboxylic acids is 6. The quantitative estimate of drug-likeness (QED) is 0.164. The van der Waals surface area contributed by atoms with E-state index in [0.29, 0.717) is 0 Å². The first-order chi connectivity index (χ1) is 15.7. The molecule has 0 aliphatic rings. The van der Waals surface area contributed by atoms with Crippen LogP contribution < -0.4 is 30.6 Å². The van der Waals surface area contributed by atoms with Crippen LogP contribution in [-0.2, 0) is 28.8 Å². The second kappa shape index (κ2) is 36.0. The Morgan fingerprint density at radius 3 is 0.618 bits per heavy atom. The fourth-order valence-corrected chi connectivity index (χ4v) is 2.98. The Bertz CT molecular complexity index is 435. The van der Waals surface area contributed by atoms with Crippen LogP contribution in [0.25, 0.3) is 0 Å². The number of carbonyl (C=O) groups excluding carboxylic acids is 6. The third-order valence-corrected chi connectivity index (χ3v) is 4.68. The van der Waals surface area contributed by atoms with Crippen molar-refractivity contribution in [2.75, 3.05) is 0 Å². The van der Waals surface area contributed by atoms with Crippen molar-refractivity contribution >= 4 is 80.9 Å². The minimum atomic E-state index is -1.37. The Morgan fingerprint density at radius 1 is 0.441 bits per heavy atom. The van der Waals surface area contributed by atoms with E-state index >= 15 is 0 Å². The fourth-order valence-electron chi connectivity index (χ4n) is 0.966. The molecule has 14 heteroatoms. The number of rotatable bonds is 13. The number of unbranched alkanes of at least 4 members (excludes halogenated alkanes) is 2. The third kappa shape index (κ3) is 86.8. The molecule has 0 saturated heterocycles. The van der Waals surface area contributed by atoms with Gasteiger partial charge in [-0.1, -0.05) is 0 Å². The predicted molar refractivity (Wildman–Crippen MR) is 109 cm³/mol. The van der Waals surface area contributed by atoms with E-state index in [2.05, 4.69) is 13.8 Å². The maximum absolute atomic E-state index is 9.50. The normalized spacial score (nSPS) is 8.53. The van der Waals surface area contributed by atoms with E-state index in [9.17, 15) is 59.4 Å². The molecule has 0 unspecified atom stereocenters. The molecule has 0 heterocycles. The number of carboxylic acid groups (broad SMARTS) is 6. The summed E-state index contributed by atoms with van der Waals surface area (Å²) in [6.45, 7) is 4.45. The van der Waals surface area contributed by atoms with E-state index in [1.165, 1.54) is 34.6 Å². The second-order valence-corrected chi connectivity index (χ2v) is 8.79. The largest absolute Gasteiger partial charge is 0.550 e. The Kier molecular flexibility index (Phi) is 45.1. The molecule has 0 aliphatic carbocycles. The van der Waals surface area contributed by atoms with E-state index in [-0.39, 0.29) is 0 Å². The number of hydrogen-bond donors (Lipinski definition) is 0. The summed E-state index contributed by atoms with van der Waals surface area (Å²) in [6, 6.07) is 0. The van der Waals surface area contributed by atoms with E-state index < -0.39 is 74.3 Å². The molecule has 0 aromatic rings. The molecule has 0 saturated carbocycles. The smallest absolute Gasteiger partial charge is 0.0418 e. The number of carboxylic acids is 6. The van der Waals surface area contributed by atoms with Gasteiger partial charge in [-0.25, -0.2) is 0 Å². The van der Waals surface area contributed by atoms with E-state index in [1.807, 2.05) is 0 Å². The molecular formula is C20H30O12Sn2. The van der Waals surface area contributed by atoms with Gasteiger partial charge >= 0.3 is 93.5 Å². The van der Waals surface area contributed by atoms with Crippen molar-refractivity contribution in [3.05, 3.63) is 0 Å². The minimum Gasteiger partial charge on any atom is -0.550 e. The summed E-state index contributed by atoms with van der Waals surface area (Å²) in [5.74, 6) is -8.20. The van der Waals surface area contributed by atoms with Gasteiger partial charge in [0.15, 0.2) is 0 Å². The monoisotopic (exact) mass is 702 g/mol. The van der Waals surface area contributed by atoms with Crippen LogP contribution in [0.15, 0.2) is 0 Å². The fraction of sp³-hybridized carbons (Fsp3) is 0.700. The van der Waals surface area contributed by atoms with E-state index in [1.54, 1.807) is 45.0 Å². The zero-order valence-corrected chi connectivity index (χ0v) is 25.1. The van der Waals surface area contributed by atoms with Crippen molar-refractivity contribution in [1.82, 2.24) is 0 Å². The van der Waals surface area contributed by atoms with Crippen molar-refractivity contribution in [3.8, 4) is 0 Å². The van der Waals surface area contributed by atoms with Gasteiger partial charge in [-0.3, -0.25) is 0 Å². The van der Waals surface area contributed by atoms with Crippen molar-refractivity contribution in [3.63, 3.8) is 0 Å². The van der Waals surface area contributed by atoms with Crippen molar-refractivity contribution in [2.45, 2.75) is 86.9 Å². The molecule has 34 heavy (non-hydrogen) atoms. The summed E-state index contributed by atoms with van der Waals surface area (Å²) in [4.78, 5) is 57.0. The SMILES string of the molecule is CCC[CH2][Sn+3].CCC[CH2][Sn+3].O=C([O-])CCC(=O)[O-].O=C([O-])CCC(=O)[O-].O=C([O-])CCC(=O)[O-]. The molecule has 12 nitrogen and oxygen atoms in total. The first kappa shape index (κ1) is 42.6. The molecule has 0 aliphatic heterocycles. The Hall–Kier alpha value is -1.58. The Labute approximate surface area is 226 Å². The van der Waals surface area contributed by atoms with Gasteiger partial charge in [0.25, 0.3) is 0 Å².